The molecule has 0 bridgehead atoms. The van der Waals surface area contributed by atoms with Crippen molar-refractivity contribution >= 4 is 43.2 Å². The van der Waals surface area contributed by atoms with Gasteiger partial charge in [-0.2, -0.15) is 16.8 Å². The van der Waals surface area contributed by atoms with Crippen LogP contribution in [0, 0.1) is 10.1 Å². The molecule has 11 nitrogen and oxygen atoms in total. The average molecular weight is 389 g/mol. The molecule has 4 N–H and O–H groups in total. The summed E-state index contributed by atoms with van der Waals surface area (Å²) >= 11 is 0. The van der Waals surface area contributed by atoms with Crippen molar-refractivity contribution in [3.63, 3.8) is 0 Å². The first-order valence-corrected chi connectivity index (χ1v) is 9.15. The maximum atomic E-state index is 11.8. The van der Waals surface area contributed by atoms with E-state index in [9.17, 15) is 31.5 Å². The first kappa shape index (κ1) is 18.6. The SMILES string of the molecule is Nc1ccc(N(c2ccccc2[N+](=O)[O-])S(=O)(=O)O)cc1S(=O)(=O)O. The number of para-hydroxylation sites is 2. The Hall–Kier alpha value is -2.74. The third kappa shape index (κ3) is 3.85. The van der Waals surface area contributed by atoms with Gasteiger partial charge in [0.2, 0.25) is 0 Å². The summed E-state index contributed by atoms with van der Waals surface area (Å²) in [6, 6.07) is 7.22. The van der Waals surface area contributed by atoms with Gasteiger partial charge in [-0.05, 0) is 24.3 Å². The van der Waals surface area contributed by atoms with Gasteiger partial charge in [-0.15, -0.1) is 0 Å². The van der Waals surface area contributed by atoms with Crippen molar-refractivity contribution in [2.24, 2.45) is 0 Å². The summed E-state index contributed by atoms with van der Waals surface area (Å²) in [6.45, 7) is 0. The van der Waals surface area contributed by atoms with Crippen LogP contribution in [0.5, 0.6) is 0 Å². The monoisotopic (exact) mass is 389 g/mol. The van der Waals surface area contributed by atoms with Crippen LogP contribution in [0.15, 0.2) is 47.4 Å². The Balaban J connectivity index is 2.81. The van der Waals surface area contributed by atoms with Crippen molar-refractivity contribution in [1.29, 1.82) is 0 Å². The lowest BCUT2D eigenvalue weighted by Gasteiger charge is -2.21. The molecule has 2 rings (SSSR count). The molecule has 0 aromatic heterocycles. The molecule has 0 heterocycles. The van der Waals surface area contributed by atoms with Crippen molar-refractivity contribution < 1.29 is 30.9 Å². The molecule has 0 radical (unpaired) electrons. The molecule has 0 atom stereocenters. The molecule has 0 saturated heterocycles. The van der Waals surface area contributed by atoms with Crippen LogP contribution in [0.4, 0.5) is 22.7 Å². The normalized spacial score (nSPS) is 11.9. The summed E-state index contributed by atoms with van der Waals surface area (Å²) in [4.78, 5) is 9.41. The van der Waals surface area contributed by atoms with E-state index >= 15 is 0 Å². The fourth-order valence-corrected chi connectivity index (χ4v) is 3.48. The molecule has 134 valence electrons. The smallest absolute Gasteiger partial charge is 0.364 e. The van der Waals surface area contributed by atoms with Crippen molar-refractivity contribution in [3.05, 3.63) is 52.6 Å². The van der Waals surface area contributed by atoms with E-state index in [-0.39, 0.29) is 9.99 Å². The predicted molar refractivity (Wildman–Crippen MR) is 87.5 cm³/mol. The molecule has 25 heavy (non-hydrogen) atoms. The highest BCUT2D eigenvalue weighted by Crippen LogP contribution is 2.37. The second-order valence-corrected chi connectivity index (χ2v) is 7.34. The standard InChI is InChI=1S/C12H11N3O8S2/c13-9-6-5-8(7-12(9)24(18,19)20)14(25(21,22)23)10-3-1-2-4-11(10)15(16)17/h1-7H,13H2,(H,18,19,20)(H,21,22,23). The minimum Gasteiger partial charge on any atom is -0.398 e. The summed E-state index contributed by atoms with van der Waals surface area (Å²) in [7, 11) is -9.90. The lowest BCUT2D eigenvalue weighted by Crippen LogP contribution is -2.26. The van der Waals surface area contributed by atoms with Gasteiger partial charge in [0.15, 0.2) is 0 Å². The number of hydrogen-bond donors (Lipinski definition) is 3. The summed E-state index contributed by atoms with van der Waals surface area (Å²) in [5, 5.41) is 11.1. The number of benzene rings is 2. The van der Waals surface area contributed by atoms with Gasteiger partial charge in [0, 0.05) is 6.07 Å². The summed E-state index contributed by atoms with van der Waals surface area (Å²) in [5.41, 5.74) is 3.35. The van der Waals surface area contributed by atoms with E-state index in [1.54, 1.807) is 0 Å². The van der Waals surface area contributed by atoms with E-state index in [1.807, 2.05) is 0 Å². The Morgan fingerprint density at radius 2 is 1.64 bits per heavy atom. The quantitative estimate of drug-likeness (QED) is 0.294. The summed E-state index contributed by atoms with van der Waals surface area (Å²) in [6.07, 6.45) is 0. The van der Waals surface area contributed by atoms with Crippen LogP contribution < -0.4 is 10.0 Å². The van der Waals surface area contributed by atoms with Gasteiger partial charge in [0.05, 0.1) is 16.3 Å². The zero-order valence-electron chi connectivity index (χ0n) is 12.2. The summed E-state index contributed by atoms with van der Waals surface area (Å²) < 4.78 is 65.0. The Morgan fingerprint density at radius 3 is 2.16 bits per heavy atom. The fourth-order valence-electron chi connectivity index (χ4n) is 2.06. The zero-order chi connectivity index (χ0) is 19.0. The van der Waals surface area contributed by atoms with Crippen LogP contribution in [0.2, 0.25) is 0 Å². The minimum absolute atomic E-state index is 0.152. The highest BCUT2D eigenvalue weighted by atomic mass is 32.2. The Morgan fingerprint density at radius 1 is 1.04 bits per heavy atom. The number of nitro groups is 1. The Kier molecular flexibility index (Phi) is 4.68. The highest BCUT2D eigenvalue weighted by Gasteiger charge is 2.30. The number of nitrogen functional groups attached to an aromatic ring is 1. The van der Waals surface area contributed by atoms with Crippen molar-refractivity contribution in [2.45, 2.75) is 4.90 Å². The van der Waals surface area contributed by atoms with Crippen LogP contribution in [-0.4, -0.2) is 30.9 Å². The van der Waals surface area contributed by atoms with Crippen LogP contribution in [0.3, 0.4) is 0 Å². The molecule has 2 aromatic rings. The first-order valence-electron chi connectivity index (χ1n) is 6.31. The molecule has 0 spiro atoms. The molecule has 0 unspecified atom stereocenters. The van der Waals surface area contributed by atoms with Crippen molar-refractivity contribution in [2.75, 3.05) is 10.0 Å². The Labute approximate surface area is 142 Å². The third-order valence-electron chi connectivity index (χ3n) is 3.04. The van der Waals surface area contributed by atoms with E-state index < -0.39 is 47.3 Å². The molecular weight excluding hydrogens is 378 g/mol. The van der Waals surface area contributed by atoms with Gasteiger partial charge in [-0.3, -0.25) is 19.2 Å². The predicted octanol–water partition coefficient (Wildman–Crippen LogP) is 1.36. The van der Waals surface area contributed by atoms with E-state index in [2.05, 4.69) is 0 Å². The Bertz CT molecular complexity index is 1050. The number of nitrogens with two attached hydrogens (primary N) is 1. The van der Waals surface area contributed by atoms with E-state index in [0.717, 1.165) is 24.3 Å². The molecule has 0 fully saturated rings. The van der Waals surface area contributed by atoms with Crippen molar-refractivity contribution in [1.82, 2.24) is 0 Å². The maximum Gasteiger partial charge on any atom is 0.364 e. The van der Waals surface area contributed by atoms with Crippen LogP contribution >= 0.6 is 0 Å². The van der Waals surface area contributed by atoms with Crippen molar-refractivity contribution in [3.8, 4) is 0 Å². The number of nitro benzene ring substituents is 1. The fraction of sp³-hybridized carbons (Fsp3) is 0. The van der Waals surface area contributed by atoms with Gasteiger partial charge in [0.1, 0.15) is 10.6 Å². The summed E-state index contributed by atoms with van der Waals surface area (Å²) in [5.74, 6) is 0. The third-order valence-corrected chi connectivity index (χ3v) is 4.82. The van der Waals surface area contributed by atoms with Gasteiger partial charge in [0.25, 0.3) is 15.8 Å². The zero-order valence-corrected chi connectivity index (χ0v) is 13.8. The largest absolute Gasteiger partial charge is 0.398 e. The maximum absolute atomic E-state index is 11.8. The van der Waals surface area contributed by atoms with Crippen LogP contribution in [0.1, 0.15) is 0 Å². The van der Waals surface area contributed by atoms with E-state index in [1.165, 1.54) is 12.1 Å². The highest BCUT2D eigenvalue weighted by molar-refractivity contribution is 7.87. The number of anilines is 3. The lowest BCUT2D eigenvalue weighted by atomic mass is 10.2. The van der Waals surface area contributed by atoms with Gasteiger partial charge < -0.3 is 5.73 Å². The van der Waals surface area contributed by atoms with Crippen LogP contribution in [0.25, 0.3) is 0 Å². The molecular formula is C12H11N3O8S2. The molecule has 0 saturated carbocycles. The van der Waals surface area contributed by atoms with E-state index in [4.69, 9.17) is 10.3 Å². The lowest BCUT2D eigenvalue weighted by molar-refractivity contribution is -0.384. The molecule has 0 aliphatic heterocycles. The molecule has 2 aromatic carbocycles. The van der Waals surface area contributed by atoms with Gasteiger partial charge >= 0.3 is 10.3 Å². The second-order valence-electron chi connectivity index (χ2n) is 4.69. The molecule has 0 aliphatic carbocycles. The van der Waals surface area contributed by atoms with Gasteiger partial charge in [-0.1, -0.05) is 12.1 Å². The minimum atomic E-state index is -5.09. The van der Waals surface area contributed by atoms with Crippen LogP contribution in [-0.2, 0) is 20.4 Å². The average Bonchev–Trinajstić information content (AvgIpc) is 2.47. The molecule has 13 heteroatoms. The number of hydrogen-bond acceptors (Lipinski definition) is 7. The molecule has 0 amide bonds. The van der Waals surface area contributed by atoms with Gasteiger partial charge in [-0.25, -0.2) is 4.31 Å². The number of rotatable bonds is 5. The first-order chi connectivity index (χ1) is 11.4. The topological polar surface area (TPSA) is 181 Å². The van der Waals surface area contributed by atoms with E-state index in [0.29, 0.717) is 6.07 Å². The number of nitrogens with zero attached hydrogens (tertiary/aromatic N) is 2. The second kappa shape index (κ2) is 6.29. The molecule has 0 aliphatic rings.